The fraction of sp³-hybridized carbons (Fsp3) is 0.389. The molecule has 0 saturated carbocycles. The second-order valence-electron chi connectivity index (χ2n) is 5.89. The second-order valence-corrected chi connectivity index (χ2v) is 5.89. The Morgan fingerprint density at radius 3 is 2.64 bits per heavy atom. The maximum absolute atomic E-state index is 12.3. The molecule has 132 valence electrons. The average molecular weight is 342 g/mol. The Labute approximate surface area is 146 Å². The predicted molar refractivity (Wildman–Crippen MR) is 93.2 cm³/mol. The third-order valence-electron chi connectivity index (χ3n) is 4.38. The molecule has 3 rings (SSSR count). The summed E-state index contributed by atoms with van der Waals surface area (Å²) in [6.07, 6.45) is 0.581. The largest absolute Gasteiger partial charge is 0.375 e. The monoisotopic (exact) mass is 342 g/mol. The summed E-state index contributed by atoms with van der Waals surface area (Å²) in [7, 11) is 3.11. The van der Waals surface area contributed by atoms with Crippen LogP contribution >= 0.6 is 0 Å². The van der Waals surface area contributed by atoms with Crippen LogP contribution in [-0.4, -0.2) is 60.1 Å². The molecule has 25 heavy (non-hydrogen) atoms. The molecular weight excluding hydrogens is 320 g/mol. The van der Waals surface area contributed by atoms with Gasteiger partial charge in [-0.1, -0.05) is 30.3 Å². The van der Waals surface area contributed by atoms with Gasteiger partial charge in [0.15, 0.2) is 0 Å². The number of nitrogens with one attached hydrogen (secondary N) is 1. The van der Waals surface area contributed by atoms with E-state index in [-0.39, 0.29) is 18.4 Å². The number of fused-ring (bicyclic) bond motifs is 1. The molecule has 0 fully saturated rings. The zero-order valence-corrected chi connectivity index (χ0v) is 14.5. The van der Waals surface area contributed by atoms with Crippen LogP contribution in [0.2, 0.25) is 0 Å². The molecular formula is C18H22N4O3. The van der Waals surface area contributed by atoms with Crippen LogP contribution in [0, 0.1) is 0 Å². The minimum absolute atomic E-state index is 0.0380. The van der Waals surface area contributed by atoms with Crippen LogP contribution in [0.15, 0.2) is 30.3 Å². The average Bonchev–Trinajstić information content (AvgIpc) is 2.86. The Morgan fingerprint density at radius 2 is 1.96 bits per heavy atom. The van der Waals surface area contributed by atoms with E-state index in [1.165, 1.54) is 7.11 Å². The van der Waals surface area contributed by atoms with Crippen LogP contribution < -0.4 is 5.32 Å². The van der Waals surface area contributed by atoms with Gasteiger partial charge in [0.25, 0.3) is 5.91 Å². The van der Waals surface area contributed by atoms with Crippen LogP contribution in [0.25, 0.3) is 11.4 Å². The maximum Gasteiger partial charge on any atom is 0.271 e. The molecule has 1 aromatic carbocycles. The van der Waals surface area contributed by atoms with E-state index in [2.05, 4.69) is 14.9 Å². The predicted octanol–water partition coefficient (Wildman–Crippen LogP) is 0.941. The summed E-state index contributed by atoms with van der Waals surface area (Å²) in [5.41, 5.74) is 2.25. The highest BCUT2D eigenvalue weighted by Gasteiger charge is 2.26. The van der Waals surface area contributed by atoms with E-state index in [1.807, 2.05) is 30.3 Å². The molecule has 1 N–H and O–H groups in total. The zero-order chi connectivity index (χ0) is 17.8. The van der Waals surface area contributed by atoms with E-state index in [0.29, 0.717) is 31.7 Å². The van der Waals surface area contributed by atoms with E-state index in [4.69, 9.17) is 4.74 Å². The number of benzene rings is 1. The highest BCUT2D eigenvalue weighted by Crippen LogP contribution is 2.25. The lowest BCUT2D eigenvalue weighted by molar-refractivity contribution is -0.135. The van der Waals surface area contributed by atoms with Gasteiger partial charge in [0.05, 0.1) is 5.69 Å². The van der Waals surface area contributed by atoms with Crippen molar-refractivity contribution >= 4 is 11.8 Å². The van der Waals surface area contributed by atoms with E-state index in [0.717, 1.165) is 17.1 Å². The Hall–Kier alpha value is -2.67. The Bertz CT molecular complexity index is 770. The van der Waals surface area contributed by atoms with Crippen molar-refractivity contribution in [3.63, 3.8) is 0 Å². The normalized spacial score (nSPS) is 13.9. The first kappa shape index (κ1) is 17.2. The highest BCUT2D eigenvalue weighted by atomic mass is 16.5. The fourth-order valence-corrected chi connectivity index (χ4v) is 3.13. The Kier molecular flexibility index (Phi) is 5.14. The molecule has 0 bridgehead atoms. The molecule has 1 aliphatic rings. The van der Waals surface area contributed by atoms with Gasteiger partial charge in [-0.25, -0.2) is 4.98 Å². The topological polar surface area (TPSA) is 76.5 Å². The standard InChI is InChI=1S/C18H22N4O3/c1-19-18(24)16-14-8-9-21(15(23)12-25-2)10-11-22(14)17(20-16)13-6-4-3-5-7-13/h3-7H,8-12H2,1-2H3,(H,19,24). The number of nitrogens with zero attached hydrogens (tertiary/aromatic N) is 3. The van der Waals surface area contributed by atoms with Crippen molar-refractivity contribution < 1.29 is 14.3 Å². The molecule has 7 heteroatoms. The summed E-state index contributed by atoms with van der Waals surface area (Å²) in [5, 5.41) is 2.66. The van der Waals surface area contributed by atoms with Crippen molar-refractivity contribution in [2.45, 2.75) is 13.0 Å². The summed E-state index contributed by atoms with van der Waals surface area (Å²) in [4.78, 5) is 30.8. The van der Waals surface area contributed by atoms with E-state index in [1.54, 1.807) is 11.9 Å². The number of imidazole rings is 1. The van der Waals surface area contributed by atoms with Crippen molar-refractivity contribution in [1.82, 2.24) is 19.8 Å². The SMILES string of the molecule is CNC(=O)c1nc(-c2ccccc2)n2c1CCN(C(=O)COC)CC2. The van der Waals surface area contributed by atoms with Gasteiger partial charge in [-0.3, -0.25) is 9.59 Å². The molecule has 1 aromatic heterocycles. The molecule has 0 radical (unpaired) electrons. The van der Waals surface area contributed by atoms with E-state index >= 15 is 0 Å². The summed E-state index contributed by atoms with van der Waals surface area (Å²) in [6.45, 7) is 1.78. The number of ether oxygens (including phenoxy) is 1. The van der Waals surface area contributed by atoms with Crippen molar-refractivity contribution in [2.75, 3.05) is 33.9 Å². The smallest absolute Gasteiger partial charge is 0.271 e. The van der Waals surface area contributed by atoms with Crippen LogP contribution in [-0.2, 0) is 22.5 Å². The molecule has 0 unspecified atom stereocenters. The van der Waals surface area contributed by atoms with Gasteiger partial charge >= 0.3 is 0 Å². The summed E-state index contributed by atoms with van der Waals surface area (Å²) >= 11 is 0. The first-order valence-electron chi connectivity index (χ1n) is 8.29. The lowest BCUT2D eigenvalue weighted by atomic mass is 10.2. The van der Waals surface area contributed by atoms with Crippen LogP contribution in [0.1, 0.15) is 16.2 Å². The van der Waals surface area contributed by atoms with Gasteiger partial charge in [0.1, 0.15) is 18.1 Å². The second kappa shape index (κ2) is 7.48. The molecule has 2 amide bonds. The van der Waals surface area contributed by atoms with E-state index in [9.17, 15) is 9.59 Å². The summed E-state index contributed by atoms with van der Waals surface area (Å²) < 4.78 is 7.01. The molecule has 2 aromatic rings. The number of carbonyl (C=O) groups excluding carboxylic acids is 2. The Balaban J connectivity index is 1.99. The molecule has 2 heterocycles. The number of hydrogen-bond acceptors (Lipinski definition) is 4. The molecule has 1 aliphatic heterocycles. The highest BCUT2D eigenvalue weighted by molar-refractivity contribution is 5.94. The minimum Gasteiger partial charge on any atom is -0.375 e. The van der Waals surface area contributed by atoms with Crippen LogP contribution in [0.3, 0.4) is 0 Å². The van der Waals surface area contributed by atoms with Gasteiger partial charge in [0, 0.05) is 45.8 Å². The third-order valence-corrected chi connectivity index (χ3v) is 4.38. The maximum atomic E-state index is 12.3. The lowest BCUT2D eigenvalue weighted by Crippen LogP contribution is -2.36. The third kappa shape index (κ3) is 3.41. The Morgan fingerprint density at radius 1 is 1.20 bits per heavy atom. The van der Waals surface area contributed by atoms with Crippen LogP contribution in [0.5, 0.6) is 0 Å². The first-order valence-corrected chi connectivity index (χ1v) is 8.29. The lowest BCUT2D eigenvalue weighted by Gasteiger charge is -2.19. The summed E-state index contributed by atoms with van der Waals surface area (Å²) in [5.74, 6) is 0.516. The number of carbonyl (C=O) groups is 2. The van der Waals surface area contributed by atoms with Crippen molar-refractivity contribution in [1.29, 1.82) is 0 Å². The van der Waals surface area contributed by atoms with Crippen molar-refractivity contribution in [3.8, 4) is 11.4 Å². The van der Waals surface area contributed by atoms with Gasteiger partial charge in [-0.2, -0.15) is 0 Å². The van der Waals surface area contributed by atoms with Gasteiger partial charge in [-0.15, -0.1) is 0 Å². The molecule has 0 atom stereocenters. The van der Waals surface area contributed by atoms with E-state index < -0.39 is 0 Å². The molecule has 0 spiro atoms. The van der Waals surface area contributed by atoms with Crippen LogP contribution in [0.4, 0.5) is 0 Å². The number of amides is 2. The van der Waals surface area contributed by atoms with Gasteiger partial charge in [0.2, 0.25) is 5.91 Å². The summed E-state index contributed by atoms with van der Waals surface area (Å²) in [6, 6.07) is 9.79. The van der Waals surface area contributed by atoms with Crippen molar-refractivity contribution in [2.24, 2.45) is 0 Å². The number of rotatable bonds is 4. The molecule has 0 aliphatic carbocycles. The van der Waals surface area contributed by atoms with Gasteiger partial charge in [-0.05, 0) is 0 Å². The van der Waals surface area contributed by atoms with Crippen molar-refractivity contribution in [3.05, 3.63) is 41.7 Å². The number of aromatic nitrogens is 2. The molecule has 0 saturated heterocycles. The zero-order valence-electron chi connectivity index (χ0n) is 14.5. The number of hydrogen-bond donors (Lipinski definition) is 1. The fourth-order valence-electron chi connectivity index (χ4n) is 3.13. The quantitative estimate of drug-likeness (QED) is 0.897. The van der Waals surface area contributed by atoms with Gasteiger partial charge < -0.3 is 19.5 Å². The first-order chi connectivity index (χ1) is 12.2. The minimum atomic E-state index is -0.206. The number of methoxy groups -OCH3 is 1. The molecule has 7 nitrogen and oxygen atoms in total.